The van der Waals surface area contributed by atoms with Crippen LogP contribution in [0.3, 0.4) is 0 Å². The summed E-state index contributed by atoms with van der Waals surface area (Å²) in [6, 6.07) is 0.492. The molecule has 1 rings (SSSR count). The van der Waals surface area contributed by atoms with Crippen molar-refractivity contribution in [2.75, 3.05) is 0 Å². The summed E-state index contributed by atoms with van der Waals surface area (Å²) in [6.07, 6.45) is 6.62. The quantitative estimate of drug-likeness (QED) is 0.641. The van der Waals surface area contributed by atoms with E-state index in [4.69, 9.17) is 5.73 Å². The van der Waals surface area contributed by atoms with Gasteiger partial charge in [0.25, 0.3) is 0 Å². The van der Waals surface area contributed by atoms with Gasteiger partial charge in [-0.1, -0.05) is 33.6 Å². The highest BCUT2D eigenvalue weighted by atomic mass is 14.6. The lowest BCUT2D eigenvalue weighted by Crippen LogP contribution is -2.29. The van der Waals surface area contributed by atoms with Crippen molar-refractivity contribution in [2.45, 2.75) is 58.9 Å². The van der Waals surface area contributed by atoms with Crippen molar-refractivity contribution in [3.8, 4) is 0 Å². The Morgan fingerprint density at radius 1 is 1.25 bits per heavy atom. The molecule has 0 aromatic heterocycles. The van der Waals surface area contributed by atoms with E-state index < -0.39 is 0 Å². The minimum atomic E-state index is 0.488. The van der Waals surface area contributed by atoms with E-state index in [0.29, 0.717) is 11.5 Å². The molecule has 0 heterocycles. The number of hydrogen-bond donors (Lipinski definition) is 1. The van der Waals surface area contributed by atoms with E-state index in [2.05, 4.69) is 20.8 Å². The van der Waals surface area contributed by atoms with Crippen molar-refractivity contribution in [2.24, 2.45) is 17.1 Å². The van der Waals surface area contributed by atoms with Crippen LogP contribution in [0.5, 0.6) is 0 Å². The fourth-order valence-corrected chi connectivity index (χ4v) is 2.38. The van der Waals surface area contributed by atoms with Gasteiger partial charge in [0.2, 0.25) is 0 Å². The zero-order valence-electron chi connectivity index (χ0n) is 8.77. The molecule has 0 aromatic rings. The van der Waals surface area contributed by atoms with Crippen LogP contribution in [0.2, 0.25) is 0 Å². The first-order chi connectivity index (χ1) is 5.47. The Kier molecular flexibility index (Phi) is 3.16. The minimum absolute atomic E-state index is 0.488. The number of rotatable bonds is 1. The summed E-state index contributed by atoms with van der Waals surface area (Å²) in [5.74, 6) is 0.897. The van der Waals surface area contributed by atoms with Gasteiger partial charge >= 0.3 is 0 Å². The molecular weight excluding hydrogens is 146 g/mol. The highest BCUT2D eigenvalue weighted by Crippen LogP contribution is 2.33. The average molecular weight is 169 g/mol. The molecule has 0 amide bonds. The number of hydrogen-bond acceptors (Lipinski definition) is 1. The molecule has 1 aliphatic carbocycles. The Morgan fingerprint density at radius 2 is 1.92 bits per heavy atom. The second-order valence-corrected chi connectivity index (χ2v) is 5.56. The molecule has 0 aliphatic heterocycles. The lowest BCUT2D eigenvalue weighted by molar-refractivity contribution is 0.225. The van der Waals surface area contributed by atoms with Crippen LogP contribution in [-0.4, -0.2) is 6.04 Å². The third kappa shape index (κ3) is 3.57. The summed E-state index contributed by atoms with van der Waals surface area (Å²) in [6.45, 7) is 6.98. The molecule has 2 atom stereocenters. The molecule has 0 bridgehead atoms. The van der Waals surface area contributed by atoms with E-state index in [0.717, 1.165) is 5.92 Å². The third-order valence-corrected chi connectivity index (χ3v) is 2.72. The van der Waals surface area contributed by atoms with Crippen LogP contribution in [0.15, 0.2) is 0 Å². The van der Waals surface area contributed by atoms with E-state index in [1.165, 1.54) is 32.1 Å². The maximum absolute atomic E-state index is 5.94. The Balaban J connectivity index is 2.32. The molecule has 0 saturated heterocycles. The third-order valence-electron chi connectivity index (χ3n) is 2.72. The highest BCUT2D eigenvalue weighted by molar-refractivity contribution is 4.78. The molecule has 1 aliphatic rings. The summed E-state index contributed by atoms with van der Waals surface area (Å²) in [5, 5.41) is 0. The summed E-state index contributed by atoms with van der Waals surface area (Å²) in [4.78, 5) is 0. The van der Waals surface area contributed by atoms with Crippen LogP contribution in [0.1, 0.15) is 52.9 Å². The first-order valence-electron chi connectivity index (χ1n) is 5.23. The van der Waals surface area contributed by atoms with Crippen LogP contribution in [0.25, 0.3) is 0 Å². The van der Waals surface area contributed by atoms with Gasteiger partial charge in [-0.25, -0.2) is 0 Å². The summed E-state index contributed by atoms with van der Waals surface area (Å²) in [5.41, 5.74) is 6.43. The fourth-order valence-electron chi connectivity index (χ4n) is 2.38. The standard InChI is InChI=1S/C11H23N/c1-11(2,3)8-9-5-4-6-10(12)7-9/h9-10H,4-8,12H2,1-3H3. The molecule has 1 fully saturated rings. The van der Waals surface area contributed by atoms with Gasteiger partial charge in [0, 0.05) is 6.04 Å². The van der Waals surface area contributed by atoms with Gasteiger partial charge in [-0.05, 0) is 30.6 Å². The maximum Gasteiger partial charge on any atom is 0.00414 e. The first-order valence-corrected chi connectivity index (χ1v) is 5.23. The van der Waals surface area contributed by atoms with Crippen molar-refractivity contribution < 1.29 is 0 Å². The Labute approximate surface area is 76.7 Å². The zero-order valence-corrected chi connectivity index (χ0v) is 8.77. The van der Waals surface area contributed by atoms with E-state index in [1.807, 2.05) is 0 Å². The second-order valence-electron chi connectivity index (χ2n) is 5.56. The van der Waals surface area contributed by atoms with E-state index in [1.54, 1.807) is 0 Å². The molecular formula is C11H23N. The van der Waals surface area contributed by atoms with Gasteiger partial charge in [-0.3, -0.25) is 0 Å². The van der Waals surface area contributed by atoms with Crippen LogP contribution in [0, 0.1) is 11.3 Å². The van der Waals surface area contributed by atoms with Crippen molar-refractivity contribution in [1.82, 2.24) is 0 Å². The SMILES string of the molecule is CC(C)(C)CC1CCCC(N)C1. The maximum atomic E-state index is 5.94. The van der Waals surface area contributed by atoms with Crippen LogP contribution < -0.4 is 5.73 Å². The van der Waals surface area contributed by atoms with Crippen molar-refractivity contribution in [3.63, 3.8) is 0 Å². The molecule has 0 aromatic carbocycles. The van der Waals surface area contributed by atoms with Crippen LogP contribution in [0.4, 0.5) is 0 Å². The van der Waals surface area contributed by atoms with Crippen molar-refractivity contribution >= 4 is 0 Å². The minimum Gasteiger partial charge on any atom is -0.328 e. The van der Waals surface area contributed by atoms with Crippen molar-refractivity contribution in [3.05, 3.63) is 0 Å². The predicted octanol–water partition coefficient (Wildman–Crippen LogP) is 2.94. The lowest BCUT2D eigenvalue weighted by atomic mass is 9.76. The average Bonchev–Trinajstić information content (AvgIpc) is 1.82. The predicted molar refractivity (Wildman–Crippen MR) is 54.0 cm³/mol. The van der Waals surface area contributed by atoms with Gasteiger partial charge < -0.3 is 5.73 Å². The molecule has 12 heavy (non-hydrogen) atoms. The smallest absolute Gasteiger partial charge is 0.00414 e. The Morgan fingerprint density at radius 3 is 2.42 bits per heavy atom. The van der Waals surface area contributed by atoms with Gasteiger partial charge in [-0.2, -0.15) is 0 Å². The molecule has 1 heteroatoms. The zero-order chi connectivity index (χ0) is 9.19. The molecule has 0 radical (unpaired) electrons. The summed E-state index contributed by atoms with van der Waals surface area (Å²) in [7, 11) is 0. The van der Waals surface area contributed by atoms with E-state index in [9.17, 15) is 0 Å². The Bertz CT molecular complexity index is 134. The first kappa shape index (κ1) is 10.0. The Hall–Kier alpha value is -0.0400. The van der Waals surface area contributed by atoms with Gasteiger partial charge in [0.15, 0.2) is 0 Å². The van der Waals surface area contributed by atoms with Gasteiger partial charge in [0.05, 0.1) is 0 Å². The highest BCUT2D eigenvalue weighted by Gasteiger charge is 2.23. The van der Waals surface area contributed by atoms with Gasteiger partial charge in [0.1, 0.15) is 0 Å². The monoisotopic (exact) mass is 169 g/mol. The van der Waals surface area contributed by atoms with Crippen LogP contribution >= 0.6 is 0 Å². The summed E-state index contributed by atoms with van der Waals surface area (Å²) < 4.78 is 0. The topological polar surface area (TPSA) is 26.0 Å². The molecule has 2 N–H and O–H groups in total. The fraction of sp³-hybridized carbons (Fsp3) is 1.00. The van der Waals surface area contributed by atoms with E-state index in [-0.39, 0.29) is 0 Å². The lowest BCUT2D eigenvalue weighted by Gasteiger charge is -2.31. The van der Waals surface area contributed by atoms with E-state index >= 15 is 0 Å². The normalized spacial score (nSPS) is 32.0. The largest absolute Gasteiger partial charge is 0.328 e. The molecule has 2 unspecified atom stereocenters. The number of nitrogens with two attached hydrogens (primary N) is 1. The second kappa shape index (κ2) is 3.78. The molecule has 1 nitrogen and oxygen atoms in total. The molecule has 1 saturated carbocycles. The van der Waals surface area contributed by atoms with Crippen molar-refractivity contribution in [1.29, 1.82) is 0 Å². The van der Waals surface area contributed by atoms with Gasteiger partial charge in [-0.15, -0.1) is 0 Å². The molecule has 0 spiro atoms. The molecule has 72 valence electrons. The summed E-state index contributed by atoms with van der Waals surface area (Å²) >= 11 is 0. The van der Waals surface area contributed by atoms with Crippen LogP contribution in [-0.2, 0) is 0 Å².